The van der Waals surface area contributed by atoms with E-state index in [9.17, 15) is 5.11 Å². The maximum atomic E-state index is 11.5. The van der Waals surface area contributed by atoms with Crippen molar-refractivity contribution in [2.75, 3.05) is 11.9 Å². The number of anilines is 1. The highest BCUT2D eigenvalue weighted by atomic mass is 35.5. The number of hydrogen-bond acceptors (Lipinski definition) is 3. The molecule has 1 unspecified atom stereocenters. The summed E-state index contributed by atoms with van der Waals surface area (Å²) < 4.78 is 0. The van der Waals surface area contributed by atoms with Gasteiger partial charge in [-0.1, -0.05) is 35.7 Å². The number of aliphatic hydroxyl groups excluding tert-OH is 1. The van der Waals surface area contributed by atoms with Crippen LogP contribution >= 0.6 is 23.2 Å². The van der Waals surface area contributed by atoms with Crippen LogP contribution in [0, 0.1) is 23.2 Å². The first kappa shape index (κ1) is 19.9. The van der Waals surface area contributed by atoms with Crippen LogP contribution in [0.25, 0.3) is 0 Å². The van der Waals surface area contributed by atoms with Crippen molar-refractivity contribution in [3.63, 3.8) is 0 Å². The molecule has 3 nitrogen and oxygen atoms in total. The molecule has 4 bridgehead atoms. The maximum Gasteiger partial charge on any atom is 0.0797 e. The van der Waals surface area contributed by atoms with Crippen molar-refractivity contribution in [1.29, 1.82) is 0 Å². The molecule has 2 aliphatic heterocycles. The number of halogens is 2. The molecule has 1 aromatic rings. The van der Waals surface area contributed by atoms with Crippen LogP contribution in [-0.4, -0.2) is 23.8 Å². The molecule has 5 fully saturated rings. The largest absolute Gasteiger partial charge is 0.391 e. The van der Waals surface area contributed by atoms with Crippen molar-refractivity contribution in [2.24, 2.45) is 23.2 Å². The summed E-state index contributed by atoms with van der Waals surface area (Å²) >= 11 is 13.1. The Morgan fingerprint density at radius 1 is 1.00 bits per heavy atom. The first-order valence-corrected chi connectivity index (χ1v) is 12.7. The molecular formula is C25H32Cl2N2O. The van der Waals surface area contributed by atoms with Gasteiger partial charge in [-0.2, -0.15) is 0 Å². The van der Waals surface area contributed by atoms with E-state index in [1.807, 2.05) is 12.1 Å². The monoisotopic (exact) mass is 446 g/mol. The van der Waals surface area contributed by atoms with E-state index < -0.39 is 6.10 Å². The van der Waals surface area contributed by atoms with Gasteiger partial charge in [0.1, 0.15) is 0 Å². The van der Waals surface area contributed by atoms with Crippen molar-refractivity contribution in [3.8, 4) is 0 Å². The summed E-state index contributed by atoms with van der Waals surface area (Å²) in [5, 5.41) is 20.2. The van der Waals surface area contributed by atoms with Gasteiger partial charge in [0.25, 0.3) is 0 Å². The fourth-order valence-electron chi connectivity index (χ4n) is 7.89. The second-order valence-corrected chi connectivity index (χ2v) is 11.7. The van der Waals surface area contributed by atoms with Gasteiger partial charge in [0.15, 0.2) is 0 Å². The van der Waals surface area contributed by atoms with Gasteiger partial charge in [0.2, 0.25) is 0 Å². The van der Waals surface area contributed by atoms with E-state index >= 15 is 0 Å². The second kappa shape index (κ2) is 7.40. The molecule has 162 valence electrons. The van der Waals surface area contributed by atoms with Crippen molar-refractivity contribution in [1.82, 2.24) is 5.32 Å². The maximum absolute atomic E-state index is 11.5. The van der Waals surface area contributed by atoms with E-state index in [0.29, 0.717) is 10.0 Å². The number of rotatable bonds is 3. The van der Waals surface area contributed by atoms with Crippen molar-refractivity contribution in [2.45, 2.75) is 75.9 Å². The Hall–Kier alpha value is -0.740. The van der Waals surface area contributed by atoms with Crippen LogP contribution in [0.4, 0.5) is 5.69 Å². The zero-order valence-corrected chi connectivity index (χ0v) is 19.0. The Balaban J connectivity index is 1.41. The molecule has 0 radical (unpaired) electrons. The number of piperidine rings is 1. The van der Waals surface area contributed by atoms with E-state index in [4.69, 9.17) is 23.2 Å². The molecule has 1 aromatic carbocycles. The molecule has 0 amide bonds. The molecular weight excluding hydrogens is 415 g/mol. The lowest BCUT2D eigenvalue weighted by atomic mass is 9.48. The van der Waals surface area contributed by atoms with E-state index in [-0.39, 0.29) is 17.4 Å². The summed E-state index contributed by atoms with van der Waals surface area (Å²) in [5.41, 5.74) is 3.58. The number of hydrogen-bond donors (Lipinski definition) is 3. The van der Waals surface area contributed by atoms with Crippen LogP contribution in [0.1, 0.15) is 69.3 Å². The van der Waals surface area contributed by atoms with Gasteiger partial charge in [-0.05, 0) is 93.4 Å². The van der Waals surface area contributed by atoms with Crippen LogP contribution in [-0.2, 0) is 0 Å². The molecule has 0 aromatic heterocycles. The Morgan fingerprint density at radius 2 is 1.70 bits per heavy atom. The smallest absolute Gasteiger partial charge is 0.0797 e. The molecule has 7 rings (SSSR count). The lowest BCUT2D eigenvalue weighted by molar-refractivity contribution is -0.0304. The molecule has 5 heteroatoms. The van der Waals surface area contributed by atoms with E-state index in [1.54, 1.807) is 0 Å². The standard InChI is InChI=1S/C25H32Cl2N2O/c26-17-8-18-19(24(30)21-3-1-2-4-28-21)10-22(29-23(18)20(27)9-17)25-11-14-5-15(12-25)7-16(6-14)13-25/h8-10,14-16,19,21,24,28-30H,1-7,11-13H2/t14?,15?,16?,19?,21-,24+,25?/m1/s1. The van der Waals surface area contributed by atoms with Crippen molar-refractivity contribution < 1.29 is 5.11 Å². The Morgan fingerprint density at radius 3 is 2.33 bits per heavy atom. The lowest BCUT2D eigenvalue weighted by Crippen LogP contribution is -2.49. The fraction of sp³-hybridized carbons (Fsp3) is 0.680. The van der Waals surface area contributed by atoms with Gasteiger partial charge >= 0.3 is 0 Å². The number of aliphatic hydroxyl groups is 1. The lowest BCUT2D eigenvalue weighted by Gasteiger charge is -2.58. The Kier molecular flexibility index (Phi) is 4.91. The van der Waals surface area contributed by atoms with Crippen LogP contribution in [0.2, 0.25) is 10.0 Å². The number of fused-ring (bicyclic) bond motifs is 1. The van der Waals surface area contributed by atoms with Gasteiger partial charge < -0.3 is 15.7 Å². The molecule has 0 spiro atoms. The third-order valence-corrected chi connectivity index (χ3v) is 9.31. The second-order valence-electron chi connectivity index (χ2n) is 10.8. The highest BCUT2D eigenvalue weighted by Crippen LogP contribution is 2.63. The van der Waals surface area contributed by atoms with Gasteiger partial charge in [-0.25, -0.2) is 0 Å². The molecule has 3 N–H and O–H groups in total. The summed E-state index contributed by atoms with van der Waals surface area (Å²) in [6, 6.07) is 3.96. The highest BCUT2D eigenvalue weighted by molar-refractivity contribution is 6.36. The minimum atomic E-state index is -0.468. The summed E-state index contributed by atoms with van der Waals surface area (Å²) in [7, 11) is 0. The predicted octanol–water partition coefficient (Wildman–Crippen LogP) is 6.11. The zero-order valence-electron chi connectivity index (χ0n) is 17.5. The van der Waals surface area contributed by atoms with E-state index in [1.165, 1.54) is 57.1 Å². The minimum absolute atomic E-state index is 0.0731. The minimum Gasteiger partial charge on any atom is -0.391 e. The molecule has 4 aliphatic carbocycles. The zero-order chi connectivity index (χ0) is 20.5. The highest BCUT2D eigenvalue weighted by Gasteiger charge is 2.53. The number of benzene rings is 1. The third kappa shape index (κ3) is 3.23. The molecule has 6 aliphatic rings. The van der Waals surface area contributed by atoms with Gasteiger partial charge in [-0.15, -0.1) is 0 Å². The SMILES string of the molecule is O[C@@H](C1C=C(C23CC4CC(CC(C4)C2)C3)Nc2c(Cl)cc(Cl)cc21)[C@H]1CCCCN1. The van der Waals surface area contributed by atoms with Crippen LogP contribution in [0.3, 0.4) is 0 Å². The van der Waals surface area contributed by atoms with E-state index in [2.05, 4.69) is 16.7 Å². The normalized spacial score (nSPS) is 40.5. The topological polar surface area (TPSA) is 44.3 Å². The van der Waals surface area contributed by atoms with Crippen LogP contribution in [0.15, 0.2) is 23.9 Å². The first-order valence-electron chi connectivity index (χ1n) is 11.9. The Labute approximate surface area is 189 Å². The number of allylic oxidation sites excluding steroid dienone is 1. The fourth-order valence-corrected chi connectivity index (χ4v) is 8.44. The first-order chi connectivity index (χ1) is 14.5. The predicted molar refractivity (Wildman–Crippen MR) is 123 cm³/mol. The van der Waals surface area contributed by atoms with Gasteiger partial charge in [0, 0.05) is 28.1 Å². The Bertz CT molecular complexity index is 841. The quantitative estimate of drug-likeness (QED) is 0.524. The van der Waals surface area contributed by atoms with Crippen LogP contribution in [0.5, 0.6) is 0 Å². The molecule has 1 saturated heterocycles. The van der Waals surface area contributed by atoms with Gasteiger partial charge in [0.05, 0.1) is 16.8 Å². The molecule has 2 heterocycles. The van der Waals surface area contributed by atoms with Gasteiger partial charge in [-0.3, -0.25) is 0 Å². The summed E-state index contributed by atoms with van der Waals surface area (Å²) in [4.78, 5) is 0. The average molecular weight is 447 g/mol. The summed E-state index contributed by atoms with van der Waals surface area (Å²) in [6.07, 6.45) is 13.5. The molecule has 3 atom stereocenters. The van der Waals surface area contributed by atoms with Crippen molar-refractivity contribution in [3.05, 3.63) is 39.5 Å². The summed E-state index contributed by atoms with van der Waals surface area (Å²) in [5.74, 6) is 2.56. The van der Waals surface area contributed by atoms with Crippen molar-refractivity contribution >= 4 is 28.9 Å². The third-order valence-electron chi connectivity index (χ3n) is 8.79. The van der Waals surface area contributed by atoms with E-state index in [0.717, 1.165) is 42.0 Å². The summed E-state index contributed by atoms with van der Waals surface area (Å²) in [6.45, 7) is 0.988. The number of nitrogens with one attached hydrogen (secondary N) is 2. The van der Waals surface area contributed by atoms with Crippen LogP contribution < -0.4 is 10.6 Å². The molecule has 4 saturated carbocycles. The molecule has 30 heavy (non-hydrogen) atoms. The average Bonchev–Trinajstić information content (AvgIpc) is 2.72.